The molecule has 1 aromatic heterocycles. The summed E-state index contributed by atoms with van der Waals surface area (Å²) in [5.74, 6) is -4.94. The van der Waals surface area contributed by atoms with Gasteiger partial charge in [-0.25, -0.2) is 9.18 Å². The number of alkyl halides is 3. The van der Waals surface area contributed by atoms with Gasteiger partial charge in [-0.1, -0.05) is 48.5 Å². The van der Waals surface area contributed by atoms with Gasteiger partial charge in [-0.05, 0) is 59.2 Å². The molecular formula is C31H25F4N3O5. The van der Waals surface area contributed by atoms with E-state index in [0.29, 0.717) is 34.5 Å². The highest BCUT2D eigenvalue weighted by molar-refractivity contribution is 5.95. The zero-order valence-electron chi connectivity index (χ0n) is 22.4. The number of pyridine rings is 1. The molecule has 1 amide bonds. The Labute approximate surface area is 243 Å². The van der Waals surface area contributed by atoms with Gasteiger partial charge >= 0.3 is 18.1 Å². The molecular weight excluding hydrogens is 570 g/mol. The van der Waals surface area contributed by atoms with Crippen LogP contribution in [0.3, 0.4) is 0 Å². The molecule has 2 N–H and O–H groups in total. The number of nitrogens with zero attached hydrogens (tertiary/aromatic N) is 1. The second-order valence-corrected chi connectivity index (χ2v) is 9.28. The molecule has 0 radical (unpaired) electrons. The number of halogens is 4. The maximum atomic E-state index is 13.7. The fraction of sp³-hybridized carbons (Fsp3) is 0.161. The highest BCUT2D eigenvalue weighted by Gasteiger charge is 2.42. The van der Waals surface area contributed by atoms with E-state index in [1.54, 1.807) is 59.3 Å². The number of amides is 1. The van der Waals surface area contributed by atoms with Crippen molar-refractivity contribution in [2.24, 2.45) is 0 Å². The second-order valence-electron chi connectivity index (χ2n) is 9.28. The van der Waals surface area contributed by atoms with Crippen LogP contribution in [-0.2, 0) is 20.9 Å². The molecule has 4 aromatic rings. The van der Waals surface area contributed by atoms with Crippen molar-refractivity contribution in [3.8, 4) is 16.9 Å². The van der Waals surface area contributed by atoms with E-state index in [2.05, 4.69) is 10.1 Å². The number of rotatable bonds is 10. The van der Waals surface area contributed by atoms with Gasteiger partial charge in [-0.15, -0.1) is 0 Å². The first-order chi connectivity index (χ1) is 20.5. The van der Waals surface area contributed by atoms with Crippen molar-refractivity contribution in [2.75, 3.05) is 6.61 Å². The predicted octanol–water partition coefficient (Wildman–Crippen LogP) is 5.35. The summed E-state index contributed by atoms with van der Waals surface area (Å²) in [5, 5.41) is 10.5. The number of hydrogen-bond donors (Lipinski definition) is 2. The first-order valence-electron chi connectivity index (χ1n) is 12.9. The van der Waals surface area contributed by atoms with Gasteiger partial charge in [0.15, 0.2) is 0 Å². The van der Waals surface area contributed by atoms with Gasteiger partial charge in [0.05, 0.1) is 19.0 Å². The molecule has 3 aromatic carbocycles. The third-order valence-electron chi connectivity index (χ3n) is 6.22. The topological polar surface area (TPSA) is 110 Å². The molecule has 8 nitrogen and oxygen atoms in total. The van der Waals surface area contributed by atoms with Gasteiger partial charge in [0.1, 0.15) is 23.7 Å². The Morgan fingerprint density at radius 3 is 2.33 bits per heavy atom. The smallest absolute Gasteiger partial charge is 0.491 e. The number of aromatic nitrogens is 1. The molecule has 0 spiro atoms. The normalized spacial score (nSPS) is 11.8. The number of benzene rings is 3. The molecule has 0 bridgehead atoms. The Morgan fingerprint density at radius 1 is 0.884 bits per heavy atom. The van der Waals surface area contributed by atoms with E-state index in [-0.39, 0.29) is 12.2 Å². The third-order valence-corrected chi connectivity index (χ3v) is 6.22. The van der Waals surface area contributed by atoms with Gasteiger partial charge in [-0.3, -0.25) is 15.0 Å². The van der Waals surface area contributed by atoms with Crippen LogP contribution in [0, 0.1) is 11.2 Å². The van der Waals surface area contributed by atoms with Crippen molar-refractivity contribution in [2.45, 2.75) is 25.2 Å². The Morgan fingerprint density at radius 2 is 1.63 bits per heavy atom. The van der Waals surface area contributed by atoms with E-state index in [1.165, 1.54) is 42.5 Å². The Bertz CT molecular complexity index is 1670. The van der Waals surface area contributed by atoms with Crippen LogP contribution < -0.4 is 15.5 Å². The molecule has 0 aliphatic heterocycles. The van der Waals surface area contributed by atoms with Crippen LogP contribution in [0.1, 0.15) is 28.4 Å². The van der Waals surface area contributed by atoms with Crippen LogP contribution >= 0.6 is 0 Å². The zero-order valence-corrected chi connectivity index (χ0v) is 22.4. The molecule has 222 valence electrons. The van der Waals surface area contributed by atoms with Crippen molar-refractivity contribution >= 4 is 17.8 Å². The van der Waals surface area contributed by atoms with Crippen molar-refractivity contribution < 1.29 is 41.4 Å². The molecule has 0 aliphatic rings. The summed E-state index contributed by atoms with van der Waals surface area (Å²) in [7, 11) is 0. The van der Waals surface area contributed by atoms with Crippen LogP contribution in [-0.4, -0.2) is 35.2 Å². The number of ether oxygens (including phenoxy) is 2. The quantitative estimate of drug-likeness (QED) is 0.146. The molecule has 0 saturated carbocycles. The molecule has 0 aliphatic carbocycles. The molecule has 1 heterocycles. The Balaban J connectivity index is 1.50. The number of nitrogens with one attached hydrogen (secondary N) is 2. The van der Waals surface area contributed by atoms with Crippen molar-refractivity contribution in [1.82, 2.24) is 9.88 Å². The Kier molecular flexibility index (Phi) is 9.71. The first-order valence-corrected chi connectivity index (χ1v) is 12.9. The molecule has 4 rings (SSSR count). The minimum absolute atomic E-state index is 0.132. The van der Waals surface area contributed by atoms with Crippen LogP contribution in [0.2, 0.25) is 0 Å². The van der Waals surface area contributed by atoms with E-state index in [0.717, 1.165) is 0 Å². The van der Waals surface area contributed by atoms with Crippen LogP contribution in [0.5, 0.6) is 5.75 Å². The number of esters is 2. The second kappa shape index (κ2) is 13.6. The van der Waals surface area contributed by atoms with E-state index >= 15 is 0 Å². The number of carbonyl (C=O) groups is 3. The maximum Gasteiger partial charge on any atom is 0.491 e. The Hall–Kier alpha value is -5.26. The number of carbonyl (C=O) groups excluding carboxylic acids is 3. The molecule has 12 heteroatoms. The monoisotopic (exact) mass is 595 g/mol. The summed E-state index contributed by atoms with van der Waals surface area (Å²) in [4.78, 5) is 36.6. The van der Waals surface area contributed by atoms with E-state index in [1.807, 2.05) is 0 Å². The van der Waals surface area contributed by atoms with E-state index in [4.69, 9.17) is 10.1 Å². The average molecular weight is 596 g/mol. The molecule has 0 saturated heterocycles. The van der Waals surface area contributed by atoms with Crippen LogP contribution in [0.15, 0.2) is 97.2 Å². The lowest BCUT2D eigenvalue weighted by molar-refractivity contribution is -0.202. The van der Waals surface area contributed by atoms with Gasteiger partial charge < -0.3 is 19.4 Å². The highest BCUT2D eigenvalue weighted by atomic mass is 19.4. The van der Waals surface area contributed by atoms with Crippen molar-refractivity contribution in [3.05, 3.63) is 120 Å². The summed E-state index contributed by atoms with van der Waals surface area (Å²) in [6, 6.07) is 22.1. The summed E-state index contributed by atoms with van der Waals surface area (Å²) in [6.45, 7) is 0.577. The molecule has 1 atom stereocenters. The van der Waals surface area contributed by atoms with Crippen LogP contribution in [0.25, 0.3) is 11.1 Å². The van der Waals surface area contributed by atoms with Crippen molar-refractivity contribution in [1.29, 1.82) is 5.41 Å². The van der Waals surface area contributed by atoms with Gasteiger partial charge in [0, 0.05) is 11.8 Å². The first kappa shape index (κ1) is 30.7. The van der Waals surface area contributed by atoms with Crippen LogP contribution in [0.4, 0.5) is 17.6 Å². The summed E-state index contributed by atoms with van der Waals surface area (Å²) >= 11 is 0. The lowest BCUT2D eigenvalue weighted by Crippen LogP contribution is -2.33. The minimum Gasteiger partial charge on any atom is -0.492 e. The SMILES string of the molecule is N=c1ccccn1CCOc1cccc(C(=O)NC(CC(=O)OC(=O)C(F)(F)F)c2ccc(-c3cccc(F)c3)cc2)c1. The van der Waals surface area contributed by atoms with Gasteiger partial charge in [-0.2, -0.15) is 13.2 Å². The lowest BCUT2D eigenvalue weighted by Gasteiger charge is -2.19. The minimum atomic E-state index is -5.37. The fourth-order valence-corrected chi connectivity index (χ4v) is 4.10. The maximum absolute atomic E-state index is 13.7. The average Bonchev–Trinajstić information content (AvgIpc) is 2.97. The lowest BCUT2D eigenvalue weighted by atomic mass is 9.98. The molecule has 0 fully saturated rings. The molecule has 43 heavy (non-hydrogen) atoms. The van der Waals surface area contributed by atoms with E-state index in [9.17, 15) is 31.9 Å². The van der Waals surface area contributed by atoms with E-state index < -0.39 is 42.3 Å². The predicted molar refractivity (Wildman–Crippen MR) is 146 cm³/mol. The van der Waals surface area contributed by atoms with Crippen molar-refractivity contribution in [3.63, 3.8) is 0 Å². The van der Waals surface area contributed by atoms with Gasteiger partial charge in [0.25, 0.3) is 5.91 Å². The zero-order chi connectivity index (χ0) is 31.0. The van der Waals surface area contributed by atoms with Gasteiger partial charge in [0.2, 0.25) is 0 Å². The number of hydrogen-bond acceptors (Lipinski definition) is 6. The summed E-state index contributed by atoms with van der Waals surface area (Å²) in [5.41, 5.74) is 1.92. The summed E-state index contributed by atoms with van der Waals surface area (Å²) < 4.78 is 62.9. The molecule has 1 unspecified atom stereocenters. The summed E-state index contributed by atoms with van der Waals surface area (Å²) in [6.07, 6.45) is -4.43. The third kappa shape index (κ3) is 8.62. The fourth-order valence-electron chi connectivity index (χ4n) is 4.10. The highest BCUT2D eigenvalue weighted by Crippen LogP contribution is 2.26. The largest absolute Gasteiger partial charge is 0.492 e. The standard InChI is InChI=1S/C31H25F4N3O5/c32-24-7-3-5-22(17-24)20-10-12-21(13-11-20)26(19-28(39)43-30(41)31(33,34)35)37-29(40)23-6-4-8-25(18-23)42-16-15-38-14-2-1-9-27(38)36/h1-14,17-18,26,36H,15-16,19H2,(H,37,40).